The average Bonchev–Trinajstić information content (AvgIpc) is 3.47. The van der Waals surface area contributed by atoms with Crippen molar-refractivity contribution >= 4 is 17.0 Å². The topological polar surface area (TPSA) is 41.0 Å². The summed E-state index contributed by atoms with van der Waals surface area (Å²) >= 11 is 0. The number of hydrazone groups is 1. The smallest absolute Gasteiger partial charge is 0.368 e. The molecule has 6 nitrogen and oxygen atoms in total. The van der Waals surface area contributed by atoms with Crippen molar-refractivity contribution in [2.45, 2.75) is 26.1 Å². The monoisotopic (exact) mass is 511 g/mol. The molecule has 0 atom stereocenters. The molecule has 0 unspecified atom stereocenters. The minimum atomic E-state index is -4.43. The summed E-state index contributed by atoms with van der Waals surface area (Å²) in [5.74, 6) is -0.646. The number of rotatable bonds is 7. The van der Waals surface area contributed by atoms with E-state index in [-0.39, 0.29) is 17.7 Å². The number of hydrogen-bond acceptors (Lipinski definition) is 4. The maximum absolute atomic E-state index is 13.6. The van der Waals surface area contributed by atoms with Crippen LogP contribution in [-0.4, -0.2) is 40.0 Å². The van der Waals surface area contributed by atoms with Gasteiger partial charge in [-0.2, -0.15) is 23.4 Å². The molecular weight excluding hydrogens is 484 g/mol. The highest BCUT2D eigenvalue weighted by molar-refractivity contribution is 6.12. The lowest BCUT2D eigenvalue weighted by atomic mass is 9.86. The number of alkyl halides is 3. The Hall–Kier alpha value is -4.13. The molecule has 2 aliphatic rings. The minimum Gasteiger partial charge on any atom is -0.368 e. The number of aromatic nitrogens is 2. The molecule has 4 rings (SSSR count). The SMILES string of the molecule is C#[N+]/C=C\C(=C1/CN(c2ccc(C(F)(F)F)cc2)N=C1C1CN(C(=C)C(=C)F)C1)c1cnn(C(C)C)c1. The zero-order valence-electron chi connectivity index (χ0n) is 20.6. The Kier molecular flexibility index (Phi) is 7.07. The van der Waals surface area contributed by atoms with Gasteiger partial charge < -0.3 is 4.90 Å². The first-order chi connectivity index (χ1) is 17.5. The van der Waals surface area contributed by atoms with Gasteiger partial charge in [-0.15, -0.1) is 0 Å². The van der Waals surface area contributed by atoms with Crippen molar-refractivity contribution in [1.82, 2.24) is 14.7 Å². The Morgan fingerprint density at radius 3 is 2.41 bits per heavy atom. The summed E-state index contributed by atoms with van der Waals surface area (Å²) in [6.45, 7) is 17.7. The van der Waals surface area contributed by atoms with Crippen LogP contribution in [0.2, 0.25) is 0 Å². The molecule has 1 aromatic heterocycles. The summed E-state index contributed by atoms with van der Waals surface area (Å²) in [5, 5.41) is 10.9. The van der Waals surface area contributed by atoms with Crippen molar-refractivity contribution in [3.05, 3.63) is 95.2 Å². The van der Waals surface area contributed by atoms with Gasteiger partial charge in [-0.1, -0.05) is 13.2 Å². The Labute approximate surface area is 213 Å². The van der Waals surface area contributed by atoms with Gasteiger partial charge in [0.15, 0.2) is 0 Å². The van der Waals surface area contributed by atoms with Gasteiger partial charge in [0.05, 0.1) is 35.4 Å². The summed E-state index contributed by atoms with van der Waals surface area (Å²) in [6.07, 6.45) is 2.45. The molecule has 0 aliphatic carbocycles. The van der Waals surface area contributed by atoms with Gasteiger partial charge in [-0.3, -0.25) is 9.69 Å². The summed E-state index contributed by atoms with van der Waals surface area (Å²) in [4.78, 5) is 5.38. The molecule has 192 valence electrons. The van der Waals surface area contributed by atoms with E-state index in [2.05, 4.69) is 23.1 Å². The van der Waals surface area contributed by atoms with Crippen LogP contribution in [0.3, 0.4) is 0 Å². The molecule has 3 heterocycles. The molecule has 0 amide bonds. The van der Waals surface area contributed by atoms with Crippen molar-refractivity contribution in [3.8, 4) is 6.57 Å². The molecule has 0 spiro atoms. The van der Waals surface area contributed by atoms with Crippen LogP contribution in [0.4, 0.5) is 23.2 Å². The van der Waals surface area contributed by atoms with Crippen molar-refractivity contribution in [3.63, 3.8) is 0 Å². The molecule has 0 N–H and O–H groups in total. The normalized spacial score (nSPS) is 17.7. The Balaban J connectivity index is 1.75. The van der Waals surface area contributed by atoms with Gasteiger partial charge in [-0.05, 0) is 48.5 Å². The Bertz CT molecular complexity index is 1330. The zero-order chi connectivity index (χ0) is 26.9. The highest BCUT2D eigenvalue weighted by atomic mass is 19.4. The van der Waals surface area contributed by atoms with E-state index in [1.54, 1.807) is 22.2 Å². The second kappa shape index (κ2) is 10.1. The van der Waals surface area contributed by atoms with Crippen molar-refractivity contribution in [2.24, 2.45) is 11.0 Å². The molecule has 0 saturated carbocycles. The summed E-state index contributed by atoms with van der Waals surface area (Å²) in [7, 11) is 0. The summed E-state index contributed by atoms with van der Waals surface area (Å²) in [6, 6.07) is 5.01. The Morgan fingerprint density at radius 2 is 1.86 bits per heavy atom. The molecule has 37 heavy (non-hydrogen) atoms. The highest BCUT2D eigenvalue weighted by Gasteiger charge is 2.39. The van der Waals surface area contributed by atoms with Gasteiger partial charge in [0.25, 0.3) is 6.57 Å². The summed E-state index contributed by atoms with van der Waals surface area (Å²) in [5.41, 5.74) is 3.23. The fraction of sp³-hybridized carbons (Fsp3) is 0.296. The standard InChI is InChI=1S/C27H27F4N6/c1-17(2)36-15-20(12-33-36)24(10-11-32-5)25-16-37(23-8-6-22(7-9-23)27(29,30)31)34-26(25)21-13-35(14-21)19(4)18(3)28/h5-12,15,17,21H,3-4,13-14,16H2,1-2H3/q+1/b11-10-,25-24-. The van der Waals surface area contributed by atoms with Gasteiger partial charge in [0.1, 0.15) is 5.83 Å². The number of likely N-dealkylation sites (tertiary alicyclic amines) is 1. The van der Waals surface area contributed by atoms with Crippen LogP contribution in [0.5, 0.6) is 0 Å². The summed E-state index contributed by atoms with van der Waals surface area (Å²) < 4.78 is 54.7. The van der Waals surface area contributed by atoms with Crippen LogP contribution in [0.25, 0.3) is 10.4 Å². The number of halogens is 4. The third-order valence-electron chi connectivity index (χ3n) is 6.40. The lowest BCUT2D eigenvalue weighted by Gasteiger charge is -2.41. The second-order valence-corrected chi connectivity index (χ2v) is 9.20. The van der Waals surface area contributed by atoms with Crippen molar-refractivity contribution in [2.75, 3.05) is 24.6 Å². The highest BCUT2D eigenvalue weighted by Crippen LogP contribution is 2.37. The van der Waals surface area contributed by atoms with E-state index in [0.29, 0.717) is 25.3 Å². The van der Waals surface area contributed by atoms with E-state index in [4.69, 9.17) is 11.7 Å². The molecule has 2 aromatic rings. The van der Waals surface area contributed by atoms with Crippen molar-refractivity contribution < 1.29 is 17.6 Å². The van der Waals surface area contributed by atoms with E-state index in [9.17, 15) is 17.6 Å². The predicted molar refractivity (Wildman–Crippen MR) is 138 cm³/mol. The number of anilines is 1. The average molecular weight is 512 g/mol. The van der Waals surface area contributed by atoms with Crippen molar-refractivity contribution in [1.29, 1.82) is 0 Å². The van der Waals surface area contributed by atoms with E-state index in [1.807, 2.05) is 24.7 Å². The van der Waals surface area contributed by atoms with Crippen LogP contribution in [-0.2, 0) is 6.18 Å². The van der Waals surface area contributed by atoms with E-state index < -0.39 is 17.6 Å². The maximum Gasteiger partial charge on any atom is 0.416 e. The van der Waals surface area contributed by atoms with Gasteiger partial charge >= 0.3 is 12.4 Å². The van der Waals surface area contributed by atoms with Gasteiger partial charge in [0, 0.05) is 48.5 Å². The molecule has 0 bridgehead atoms. The van der Waals surface area contributed by atoms with E-state index >= 15 is 0 Å². The third-order valence-corrected chi connectivity index (χ3v) is 6.40. The third kappa shape index (κ3) is 5.35. The van der Waals surface area contributed by atoms with Crippen LogP contribution < -0.4 is 5.01 Å². The van der Waals surface area contributed by atoms with E-state index in [1.165, 1.54) is 18.3 Å². The van der Waals surface area contributed by atoms with Crippen LogP contribution >= 0.6 is 0 Å². The van der Waals surface area contributed by atoms with Crippen LogP contribution in [0, 0.1) is 12.5 Å². The predicted octanol–water partition coefficient (Wildman–Crippen LogP) is 6.52. The fourth-order valence-electron chi connectivity index (χ4n) is 4.27. The molecule has 0 radical (unpaired) electrons. The van der Waals surface area contributed by atoms with Gasteiger partial charge in [0.2, 0.25) is 0 Å². The Morgan fingerprint density at radius 1 is 1.19 bits per heavy atom. The zero-order valence-corrected chi connectivity index (χ0v) is 20.6. The molecule has 2 aliphatic heterocycles. The molecular formula is C27H27F4N6+. The largest absolute Gasteiger partial charge is 0.416 e. The molecule has 1 aromatic carbocycles. The van der Waals surface area contributed by atoms with Crippen LogP contribution in [0.15, 0.2) is 84.3 Å². The first kappa shape index (κ1) is 25.9. The number of hydrogen-bond donors (Lipinski definition) is 0. The second-order valence-electron chi connectivity index (χ2n) is 9.20. The molecule has 10 heteroatoms. The number of benzene rings is 1. The number of allylic oxidation sites excluding steroid dienone is 3. The van der Waals surface area contributed by atoms with Gasteiger partial charge in [-0.25, -0.2) is 4.39 Å². The molecule has 1 saturated heterocycles. The number of nitrogens with zero attached hydrogens (tertiary/aromatic N) is 6. The lowest BCUT2D eigenvalue weighted by molar-refractivity contribution is -0.137. The van der Waals surface area contributed by atoms with Crippen LogP contribution in [0.1, 0.15) is 31.0 Å². The minimum absolute atomic E-state index is 0.0519. The maximum atomic E-state index is 13.6. The first-order valence-electron chi connectivity index (χ1n) is 11.7. The van der Waals surface area contributed by atoms with E-state index in [0.717, 1.165) is 34.6 Å². The first-order valence-corrected chi connectivity index (χ1v) is 11.7. The lowest BCUT2D eigenvalue weighted by Crippen LogP contribution is -2.49. The quantitative estimate of drug-likeness (QED) is 0.314. The molecule has 1 fully saturated rings. The fourth-order valence-corrected chi connectivity index (χ4v) is 4.27.